The number of carbonyl (C=O) groups is 1. The normalized spacial score (nSPS) is 11.3. The van der Waals surface area contributed by atoms with E-state index in [-0.39, 0.29) is 12.0 Å². The minimum Gasteiger partial charge on any atom is -0.493 e. The zero-order chi connectivity index (χ0) is 20.7. The fourth-order valence-electron chi connectivity index (χ4n) is 2.91. The van der Waals surface area contributed by atoms with Gasteiger partial charge in [-0.25, -0.2) is 4.79 Å². The van der Waals surface area contributed by atoms with E-state index in [1.54, 1.807) is 26.4 Å². The van der Waals surface area contributed by atoms with E-state index in [9.17, 15) is 4.79 Å². The highest BCUT2D eigenvalue weighted by Crippen LogP contribution is 2.31. The van der Waals surface area contributed by atoms with Crippen LogP contribution in [-0.4, -0.2) is 32.4 Å². The number of ether oxygens (including phenoxy) is 3. The molecule has 150 valence electrons. The average Bonchev–Trinajstić information content (AvgIpc) is 2.72. The van der Waals surface area contributed by atoms with Crippen LogP contribution in [0.3, 0.4) is 0 Å². The summed E-state index contributed by atoms with van der Waals surface area (Å²) in [4.78, 5) is 11.9. The van der Waals surface area contributed by atoms with Gasteiger partial charge in [-0.1, -0.05) is 19.1 Å². The number of carbonyl (C=O) groups excluding carboxylic acids is 1. The Bertz CT molecular complexity index is 854. The van der Waals surface area contributed by atoms with E-state index in [1.807, 2.05) is 31.2 Å². The molecule has 0 heterocycles. The molecular formula is C21H26N2O4S. The van der Waals surface area contributed by atoms with Crippen molar-refractivity contribution in [1.29, 1.82) is 0 Å². The highest BCUT2D eigenvalue weighted by Gasteiger charge is 2.16. The lowest BCUT2D eigenvalue weighted by atomic mass is 10.0. The molecule has 2 rings (SSSR count). The second-order valence-corrected chi connectivity index (χ2v) is 6.55. The molecule has 0 aliphatic rings. The molecule has 2 aromatic carbocycles. The van der Waals surface area contributed by atoms with Crippen molar-refractivity contribution in [3.63, 3.8) is 0 Å². The summed E-state index contributed by atoms with van der Waals surface area (Å²) in [5, 5.41) is 6.95. The van der Waals surface area contributed by atoms with Gasteiger partial charge >= 0.3 is 5.97 Å². The van der Waals surface area contributed by atoms with E-state index in [2.05, 4.69) is 17.6 Å². The maximum Gasteiger partial charge on any atom is 0.338 e. The zero-order valence-electron chi connectivity index (χ0n) is 16.8. The fourth-order valence-corrected chi connectivity index (χ4v) is 3.16. The molecule has 2 aromatic rings. The molecule has 6 nitrogen and oxygen atoms in total. The Kier molecular flexibility index (Phi) is 7.63. The van der Waals surface area contributed by atoms with Crippen molar-refractivity contribution in [2.75, 3.05) is 26.6 Å². The molecular weight excluding hydrogens is 376 g/mol. The molecule has 0 amide bonds. The molecule has 1 atom stereocenters. The van der Waals surface area contributed by atoms with Gasteiger partial charge in [0.25, 0.3) is 0 Å². The standard InChI is InChI=1S/C21H26N2O4S/c1-6-16(14-10-11-18(25-3)19(12-14)26-4)22-21(28)23-17-9-7-8-15(13(17)2)20(24)27-5/h7-12,16H,6H2,1-5H3,(H2,22,23,28)/t16-/m1/s1. The van der Waals surface area contributed by atoms with Gasteiger partial charge in [-0.15, -0.1) is 0 Å². The molecule has 0 aliphatic carbocycles. The van der Waals surface area contributed by atoms with Gasteiger partial charge in [-0.2, -0.15) is 0 Å². The number of methoxy groups -OCH3 is 3. The van der Waals surface area contributed by atoms with Crippen LogP contribution in [0.2, 0.25) is 0 Å². The van der Waals surface area contributed by atoms with Crippen molar-refractivity contribution >= 4 is 29.0 Å². The number of thiocarbonyl (C=S) groups is 1. The smallest absolute Gasteiger partial charge is 0.338 e. The molecule has 0 fully saturated rings. The third-order valence-electron chi connectivity index (χ3n) is 4.51. The quantitative estimate of drug-likeness (QED) is 0.530. The first-order valence-corrected chi connectivity index (χ1v) is 9.33. The van der Waals surface area contributed by atoms with E-state index in [0.29, 0.717) is 22.2 Å². The largest absolute Gasteiger partial charge is 0.493 e. The summed E-state index contributed by atoms with van der Waals surface area (Å²) in [7, 11) is 4.58. The van der Waals surface area contributed by atoms with Crippen LogP contribution in [0.4, 0.5) is 5.69 Å². The van der Waals surface area contributed by atoms with E-state index in [1.165, 1.54) is 7.11 Å². The van der Waals surface area contributed by atoms with E-state index < -0.39 is 0 Å². The molecule has 28 heavy (non-hydrogen) atoms. The van der Waals surface area contributed by atoms with Crippen LogP contribution in [0, 0.1) is 6.92 Å². The summed E-state index contributed by atoms with van der Waals surface area (Å²) < 4.78 is 15.5. The SMILES string of the molecule is CC[C@@H](NC(=S)Nc1cccc(C(=O)OC)c1C)c1ccc(OC)c(OC)c1. The van der Waals surface area contributed by atoms with Crippen molar-refractivity contribution in [2.24, 2.45) is 0 Å². The number of hydrogen-bond acceptors (Lipinski definition) is 5. The summed E-state index contributed by atoms with van der Waals surface area (Å²) in [6.07, 6.45) is 0.818. The van der Waals surface area contributed by atoms with Crippen molar-refractivity contribution < 1.29 is 19.0 Å². The van der Waals surface area contributed by atoms with Crippen molar-refractivity contribution in [2.45, 2.75) is 26.3 Å². The molecule has 0 aliphatic heterocycles. The topological polar surface area (TPSA) is 68.8 Å². The van der Waals surface area contributed by atoms with Gasteiger partial charge in [0.15, 0.2) is 16.6 Å². The molecule has 0 unspecified atom stereocenters. The van der Waals surface area contributed by atoms with Crippen LogP contribution in [0.5, 0.6) is 11.5 Å². The number of anilines is 1. The van der Waals surface area contributed by atoms with Gasteiger partial charge in [0.2, 0.25) is 0 Å². The lowest BCUT2D eigenvalue weighted by Gasteiger charge is -2.22. The van der Waals surface area contributed by atoms with Crippen LogP contribution in [0.1, 0.15) is 40.9 Å². The third kappa shape index (κ3) is 4.92. The first-order valence-electron chi connectivity index (χ1n) is 8.92. The summed E-state index contributed by atoms with van der Waals surface area (Å²) in [6.45, 7) is 3.92. The second-order valence-electron chi connectivity index (χ2n) is 6.14. The summed E-state index contributed by atoms with van der Waals surface area (Å²) in [5.41, 5.74) is 3.06. The highest BCUT2D eigenvalue weighted by atomic mass is 32.1. The first-order chi connectivity index (χ1) is 13.4. The maximum atomic E-state index is 11.9. The predicted octanol–water partition coefficient (Wildman–Crippen LogP) is 4.24. The number of nitrogens with one attached hydrogen (secondary N) is 2. The maximum absolute atomic E-state index is 11.9. The summed E-state index contributed by atoms with van der Waals surface area (Å²) in [6, 6.07) is 11.2. The van der Waals surface area contributed by atoms with E-state index >= 15 is 0 Å². The molecule has 0 saturated heterocycles. The Morgan fingerprint density at radius 2 is 1.82 bits per heavy atom. The van der Waals surface area contributed by atoms with Crippen LogP contribution in [0.15, 0.2) is 36.4 Å². The van der Waals surface area contributed by atoms with Gasteiger partial charge in [0.1, 0.15) is 0 Å². The Morgan fingerprint density at radius 1 is 1.11 bits per heavy atom. The summed E-state index contributed by atoms with van der Waals surface area (Å²) >= 11 is 5.49. The molecule has 2 N–H and O–H groups in total. The van der Waals surface area contributed by atoms with E-state index in [0.717, 1.165) is 23.2 Å². The van der Waals surface area contributed by atoms with Gasteiger partial charge in [-0.05, 0) is 61.0 Å². The molecule has 0 spiro atoms. The molecule has 0 bridgehead atoms. The van der Waals surface area contributed by atoms with Gasteiger partial charge in [0.05, 0.1) is 32.9 Å². The Morgan fingerprint density at radius 3 is 2.43 bits per heavy atom. The number of esters is 1. The van der Waals surface area contributed by atoms with Crippen molar-refractivity contribution in [3.05, 3.63) is 53.1 Å². The minimum atomic E-state index is -0.378. The van der Waals surface area contributed by atoms with Crippen LogP contribution in [0.25, 0.3) is 0 Å². The minimum absolute atomic E-state index is 0.0103. The van der Waals surface area contributed by atoms with Crippen LogP contribution >= 0.6 is 12.2 Å². The van der Waals surface area contributed by atoms with Gasteiger partial charge < -0.3 is 24.8 Å². The van der Waals surface area contributed by atoms with Crippen molar-refractivity contribution in [1.82, 2.24) is 5.32 Å². The van der Waals surface area contributed by atoms with Gasteiger partial charge in [-0.3, -0.25) is 0 Å². The number of hydrogen-bond donors (Lipinski definition) is 2. The Labute approximate surface area is 171 Å². The predicted molar refractivity (Wildman–Crippen MR) is 114 cm³/mol. The second kappa shape index (κ2) is 9.94. The Balaban J connectivity index is 2.16. The van der Waals surface area contributed by atoms with Crippen LogP contribution < -0.4 is 20.1 Å². The fraction of sp³-hybridized carbons (Fsp3) is 0.333. The first kappa shape index (κ1) is 21.5. The monoisotopic (exact) mass is 402 g/mol. The molecule has 0 saturated carbocycles. The van der Waals surface area contributed by atoms with Gasteiger partial charge in [0, 0.05) is 5.69 Å². The van der Waals surface area contributed by atoms with E-state index in [4.69, 9.17) is 26.4 Å². The Hall–Kier alpha value is -2.80. The third-order valence-corrected chi connectivity index (χ3v) is 4.73. The highest BCUT2D eigenvalue weighted by molar-refractivity contribution is 7.80. The molecule has 0 radical (unpaired) electrons. The average molecular weight is 403 g/mol. The zero-order valence-corrected chi connectivity index (χ0v) is 17.6. The molecule has 0 aromatic heterocycles. The molecule has 7 heteroatoms. The lowest BCUT2D eigenvalue weighted by Crippen LogP contribution is -2.32. The van der Waals surface area contributed by atoms with Crippen molar-refractivity contribution in [3.8, 4) is 11.5 Å². The number of benzene rings is 2. The number of rotatable bonds is 7. The lowest BCUT2D eigenvalue weighted by molar-refractivity contribution is 0.0600. The summed E-state index contributed by atoms with van der Waals surface area (Å²) in [5.74, 6) is 0.967. The van der Waals surface area contributed by atoms with Crippen LogP contribution in [-0.2, 0) is 4.74 Å².